The molecule has 0 N–H and O–H groups in total. The molecule has 0 aliphatic carbocycles. The second-order valence-corrected chi connectivity index (χ2v) is 8.05. The van der Waals surface area contributed by atoms with Crippen molar-refractivity contribution in [3.05, 3.63) is 63.7 Å². The lowest BCUT2D eigenvalue weighted by Gasteiger charge is -2.35. The number of nitrogens with zero attached hydrogens (tertiary/aromatic N) is 6. The molecule has 10 heteroatoms. The van der Waals surface area contributed by atoms with Crippen LogP contribution in [0.5, 0.6) is 0 Å². The fourth-order valence-electron chi connectivity index (χ4n) is 3.55. The predicted molar refractivity (Wildman–Crippen MR) is 118 cm³/mol. The first-order valence-corrected chi connectivity index (χ1v) is 10.4. The molecule has 0 unspecified atom stereocenters. The van der Waals surface area contributed by atoms with E-state index in [9.17, 15) is 14.9 Å². The summed E-state index contributed by atoms with van der Waals surface area (Å²) in [6.45, 7) is 7.88. The summed E-state index contributed by atoms with van der Waals surface area (Å²) in [4.78, 5) is 36.3. The highest BCUT2D eigenvalue weighted by Gasteiger charge is 2.25. The number of carbonyl (C=O) groups is 1. The molecule has 1 saturated heterocycles. The molecule has 0 spiro atoms. The highest BCUT2D eigenvalue weighted by molar-refractivity contribution is 5.95. The number of carbonyl (C=O) groups excluding carboxylic acids is 1. The van der Waals surface area contributed by atoms with Gasteiger partial charge in [-0.2, -0.15) is 4.98 Å². The van der Waals surface area contributed by atoms with E-state index in [1.807, 2.05) is 26.0 Å². The summed E-state index contributed by atoms with van der Waals surface area (Å²) in [5.41, 5.74) is 1.60. The molecule has 166 valence electrons. The smallest absolute Gasteiger partial charge is 0.273 e. The van der Waals surface area contributed by atoms with E-state index in [2.05, 4.69) is 20.0 Å². The second kappa shape index (κ2) is 8.74. The molecule has 1 aliphatic rings. The first-order chi connectivity index (χ1) is 15.3. The normalized spacial score (nSPS) is 14.1. The molecular weight excluding hydrogens is 412 g/mol. The molecule has 3 aromatic rings. The standard InChI is InChI=1S/C22H24N6O4/c1-14(2)21-24-20(25-32-21)17-6-7-19(23-13-17)26-8-10-27(11-9-26)22(29)16-5-4-15(3)18(12-16)28(30)31/h4-7,12-14H,8-11H2,1-3H3. The maximum atomic E-state index is 12.8. The van der Waals surface area contributed by atoms with E-state index in [4.69, 9.17) is 4.52 Å². The molecule has 1 aromatic carbocycles. The summed E-state index contributed by atoms with van der Waals surface area (Å²) in [5.74, 6) is 1.86. The summed E-state index contributed by atoms with van der Waals surface area (Å²) in [6, 6.07) is 8.41. The van der Waals surface area contributed by atoms with Crippen molar-refractivity contribution in [1.29, 1.82) is 0 Å². The van der Waals surface area contributed by atoms with E-state index in [1.165, 1.54) is 6.07 Å². The minimum absolute atomic E-state index is 0.0408. The van der Waals surface area contributed by atoms with Gasteiger partial charge in [0.05, 0.1) is 4.92 Å². The molecule has 4 rings (SSSR count). The van der Waals surface area contributed by atoms with E-state index < -0.39 is 4.92 Å². The average molecular weight is 436 g/mol. The van der Waals surface area contributed by atoms with Crippen LogP contribution in [0.1, 0.15) is 41.6 Å². The summed E-state index contributed by atoms with van der Waals surface area (Å²) in [7, 11) is 0. The number of pyridine rings is 1. The number of hydrogen-bond donors (Lipinski definition) is 0. The molecule has 0 radical (unpaired) electrons. The highest BCUT2D eigenvalue weighted by atomic mass is 16.6. The minimum Gasteiger partial charge on any atom is -0.353 e. The SMILES string of the molecule is Cc1ccc(C(=O)N2CCN(c3ccc(-c4noc(C(C)C)n4)cn3)CC2)cc1[N+](=O)[O-]. The molecule has 3 heterocycles. The molecule has 0 bridgehead atoms. The maximum Gasteiger partial charge on any atom is 0.273 e. The van der Waals surface area contributed by atoms with E-state index in [-0.39, 0.29) is 17.5 Å². The van der Waals surface area contributed by atoms with Gasteiger partial charge in [0, 0.05) is 61.1 Å². The van der Waals surface area contributed by atoms with Crippen molar-refractivity contribution in [1.82, 2.24) is 20.0 Å². The summed E-state index contributed by atoms with van der Waals surface area (Å²) in [5, 5.41) is 15.2. The molecule has 32 heavy (non-hydrogen) atoms. The third-order valence-corrected chi connectivity index (χ3v) is 5.49. The summed E-state index contributed by atoms with van der Waals surface area (Å²) >= 11 is 0. The van der Waals surface area contributed by atoms with E-state index >= 15 is 0 Å². The van der Waals surface area contributed by atoms with Gasteiger partial charge in [-0.3, -0.25) is 14.9 Å². The Morgan fingerprint density at radius 2 is 1.91 bits per heavy atom. The average Bonchev–Trinajstić information content (AvgIpc) is 3.30. The zero-order chi connectivity index (χ0) is 22.8. The van der Waals surface area contributed by atoms with Crippen LogP contribution in [0.2, 0.25) is 0 Å². The van der Waals surface area contributed by atoms with Gasteiger partial charge in [-0.25, -0.2) is 4.98 Å². The zero-order valence-electron chi connectivity index (χ0n) is 18.2. The van der Waals surface area contributed by atoms with Crippen LogP contribution >= 0.6 is 0 Å². The van der Waals surface area contributed by atoms with Gasteiger partial charge in [0.25, 0.3) is 11.6 Å². The van der Waals surface area contributed by atoms with Crippen LogP contribution in [0.25, 0.3) is 11.4 Å². The van der Waals surface area contributed by atoms with Crippen LogP contribution in [-0.2, 0) is 0 Å². The highest BCUT2D eigenvalue weighted by Crippen LogP contribution is 2.23. The lowest BCUT2D eigenvalue weighted by atomic mass is 10.1. The van der Waals surface area contributed by atoms with Crippen molar-refractivity contribution >= 4 is 17.4 Å². The Morgan fingerprint density at radius 3 is 2.50 bits per heavy atom. The molecule has 10 nitrogen and oxygen atoms in total. The quantitative estimate of drug-likeness (QED) is 0.441. The van der Waals surface area contributed by atoms with Crippen LogP contribution in [0.15, 0.2) is 41.1 Å². The van der Waals surface area contributed by atoms with Gasteiger partial charge in [0.1, 0.15) is 5.82 Å². The van der Waals surface area contributed by atoms with Gasteiger partial charge >= 0.3 is 0 Å². The van der Waals surface area contributed by atoms with Gasteiger partial charge in [0.2, 0.25) is 11.7 Å². The Kier molecular flexibility index (Phi) is 5.85. The van der Waals surface area contributed by atoms with Gasteiger partial charge in [-0.1, -0.05) is 25.1 Å². The van der Waals surface area contributed by atoms with Crippen molar-refractivity contribution in [2.24, 2.45) is 0 Å². The van der Waals surface area contributed by atoms with E-state index in [1.54, 1.807) is 30.2 Å². The first kappa shape index (κ1) is 21.4. The molecule has 1 fully saturated rings. The van der Waals surface area contributed by atoms with E-state index in [0.29, 0.717) is 49.0 Å². The van der Waals surface area contributed by atoms with Crippen molar-refractivity contribution in [2.45, 2.75) is 26.7 Å². The van der Waals surface area contributed by atoms with Crippen LogP contribution in [-0.4, -0.2) is 57.0 Å². The number of hydrogen-bond acceptors (Lipinski definition) is 8. The molecule has 0 saturated carbocycles. The van der Waals surface area contributed by atoms with Crippen molar-refractivity contribution < 1.29 is 14.2 Å². The Bertz CT molecular complexity index is 1130. The number of rotatable bonds is 5. The number of nitro benzene ring substituents is 1. The molecule has 2 aromatic heterocycles. The van der Waals surface area contributed by atoms with Crippen molar-refractivity contribution in [3.63, 3.8) is 0 Å². The maximum absolute atomic E-state index is 12.8. The van der Waals surface area contributed by atoms with Crippen LogP contribution in [0.4, 0.5) is 11.5 Å². The summed E-state index contributed by atoms with van der Waals surface area (Å²) in [6.07, 6.45) is 1.72. The third-order valence-electron chi connectivity index (χ3n) is 5.49. The van der Waals surface area contributed by atoms with Gasteiger partial charge in [-0.05, 0) is 25.1 Å². The Balaban J connectivity index is 1.39. The number of piperazine rings is 1. The molecule has 1 aliphatic heterocycles. The van der Waals surface area contributed by atoms with Gasteiger partial charge < -0.3 is 14.3 Å². The second-order valence-electron chi connectivity index (χ2n) is 8.05. The van der Waals surface area contributed by atoms with Crippen molar-refractivity contribution in [3.8, 4) is 11.4 Å². The first-order valence-electron chi connectivity index (χ1n) is 10.4. The molecule has 1 amide bonds. The Labute approximate surface area is 185 Å². The number of anilines is 1. The lowest BCUT2D eigenvalue weighted by molar-refractivity contribution is -0.385. The lowest BCUT2D eigenvalue weighted by Crippen LogP contribution is -2.49. The number of nitro groups is 1. The number of aromatic nitrogens is 3. The predicted octanol–water partition coefficient (Wildman–Crippen LogP) is 3.43. The van der Waals surface area contributed by atoms with Crippen LogP contribution < -0.4 is 4.90 Å². The Hall–Kier alpha value is -3.82. The summed E-state index contributed by atoms with van der Waals surface area (Å²) < 4.78 is 5.25. The molecular formula is C22H24N6O4. The zero-order valence-corrected chi connectivity index (χ0v) is 18.2. The third kappa shape index (κ3) is 4.29. The topological polar surface area (TPSA) is 119 Å². The number of amides is 1. The monoisotopic (exact) mass is 436 g/mol. The fraction of sp³-hybridized carbons (Fsp3) is 0.364. The molecule has 0 atom stereocenters. The number of aryl methyl sites for hydroxylation is 1. The largest absolute Gasteiger partial charge is 0.353 e. The van der Waals surface area contributed by atoms with Gasteiger partial charge in [-0.15, -0.1) is 0 Å². The van der Waals surface area contributed by atoms with Crippen molar-refractivity contribution in [2.75, 3.05) is 31.1 Å². The Morgan fingerprint density at radius 1 is 1.16 bits per heavy atom. The van der Waals surface area contributed by atoms with Gasteiger partial charge in [0.15, 0.2) is 0 Å². The fourth-order valence-corrected chi connectivity index (χ4v) is 3.55. The van der Waals surface area contributed by atoms with E-state index in [0.717, 1.165) is 11.4 Å². The van der Waals surface area contributed by atoms with Crippen LogP contribution in [0.3, 0.4) is 0 Å². The number of benzene rings is 1. The van der Waals surface area contributed by atoms with Crippen LogP contribution in [0, 0.1) is 17.0 Å². The minimum atomic E-state index is -0.461.